The van der Waals surface area contributed by atoms with Crippen molar-refractivity contribution in [2.24, 2.45) is 0 Å². The van der Waals surface area contributed by atoms with Gasteiger partial charge >= 0.3 is 16.9 Å². The molecule has 0 bridgehead atoms. The minimum atomic E-state index is -1.07. The van der Waals surface area contributed by atoms with E-state index in [1.807, 2.05) is 0 Å². The van der Waals surface area contributed by atoms with E-state index < -0.39 is 21.9 Å². The van der Waals surface area contributed by atoms with Gasteiger partial charge in [0, 0.05) is 11.8 Å². The Morgan fingerprint density at radius 3 is 2.67 bits per heavy atom. The van der Waals surface area contributed by atoms with Crippen LogP contribution in [0.5, 0.6) is 0 Å². The predicted octanol–water partition coefficient (Wildman–Crippen LogP) is -0.553. The second-order valence-corrected chi connectivity index (χ2v) is 2.21. The zero-order chi connectivity index (χ0) is 9.30. The van der Waals surface area contributed by atoms with Crippen LogP contribution >= 0.6 is 11.8 Å². The van der Waals surface area contributed by atoms with E-state index in [1.165, 1.54) is 0 Å². The first-order chi connectivity index (χ1) is 5.52. The van der Waals surface area contributed by atoms with Crippen molar-refractivity contribution >= 4 is 17.5 Å². The molecular formula is C4H2ClN3O4. The average molecular weight is 192 g/mol. The van der Waals surface area contributed by atoms with E-state index in [-0.39, 0.29) is 0 Å². The van der Waals surface area contributed by atoms with Crippen LogP contribution < -0.4 is 11.2 Å². The number of aromatic amines is 1. The minimum Gasteiger partial charge on any atom is -0.267 e. The summed E-state index contributed by atoms with van der Waals surface area (Å²) in [6.07, 6.45) is 0.642. The van der Waals surface area contributed by atoms with Gasteiger partial charge in [0.05, 0.1) is 4.92 Å². The largest absolute Gasteiger partial charge is 0.351 e. The van der Waals surface area contributed by atoms with Crippen LogP contribution in [0.4, 0.5) is 5.69 Å². The lowest BCUT2D eigenvalue weighted by molar-refractivity contribution is -0.386. The molecule has 1 N–H and O–H groups in total. The van der Waals surface area contributed by atoms with Gasteiger partial charge in [-0.05, 0) is 0 Å². The third-order valence-corrected chi connectivity index (χ3v) is 1.33. The van der Waals surface area contributed by atoms with E-state index in [2.05, 4.69) is 0 Å². The predicted molar refractivity (Wildman–Crippen MR) is 39.2 cm³/mol. The molecule has 0 saturated heterocycles. The fourth-order valence-electron chi connectivity index (χ4n) is 0.569. The molecule has 7 nitrogen and oxygen atoms in total. The quantitative estimate of drug-likeness (QED) is 0.475. The molecule has 0 atom stereocenters. The molecule has 8 heteroatoms. The maximum atomic E-state index is 10.7. The van der Waals surface area contributed by atoms with Gasteiger partial charge in [-0.1, -0.05) is 0 Å². The van der Waals surface area contributed by atoms with E-state index in [9.17, 15) is 19.7 Å². The Morgan fingerprint density at radius 1 is 1.58 bits per heavy atom. The molecule has 0 saturated carbocycles. The summed E-state index contributed by atoms with van der Waals surface area (Å²) in [6, 6.07) is 0. The molecule has 0 spiro atoms. The van der Waals surface area contributed by atoms with Gasteiger partial charge in [0.15, 0.2) is 0 Å². The number of nitrogens with one attached hydrogen (secondary N) is 1. The normalized spacial score (nSPS) is 9.75. The molecule has 1 aromatic rings. The molecule has 0 aliphatic rings. The Hall–Kier alpha value is -1.63. The van der Waals surface area contributed by atoms with Crippen molar-refractivity contribution < 1.29 is 4.92 Å². The standard InChI is InChI=1S/C4H2ClN3O4/c5-7-1-2(8(11)12)3(9)6-4(7)10/h1H,(H,6,9,10). The van der Waals surface area contributed by atoms with Gasteiger partial charge in [-0.2, -0.15) is 0 Å². The van der Waals surface area contributed by atoms with E-state index in [0.717, 1.165) is 0 Å². The molecule has 0 fully saturated rings. The summed E-state index contributed by atoms with van der Waals surface area (Å²) in [6.45, 7) is 0. The van der Waals surface area contributed by atoms with Crippen molar-refractivity contribution in [3.8, 4) is 0 Å². The molecule has 0 aliphatic carbocycles. The second kappa shape index (κ2) is 2.78. The topological polar surface area (TPSA) is 98.0 Å². The zero-order valence-corrected chi connectivity index (χ0v) is 6.24. The molecular weight excluding hydrogens is 190 g/mol. The highest BCUT2D eigenvalue weighted by Crippen LogP contribution is 1.98. The highest BCUT2D eigenvalue weighted by atomic mass is 35.5. The number of hydrogen-bond acceptors (Lipinski definition) is 4. The third-order valence-electron chi connectivity index (χ3n) is 1.08. The van der Waals surface area contributed by atoms with E-state index in [1.54, 1.807) is 4.98 Å². The van der Waals surface area contributed by atoms with Crippen LogP contribution in [0.25, 0.3) is 0 Å². The summed E-state index contributed by atoms with van der Waals surface area (Å²) < 4.78 is 0.402. The third kappa shape index (κ3) is 1.35. The first-order valence-corrected chi connectivity index (χ1v) is 3.02. The van der Waals surface area contributed by atoms with Crippen molar-refractivity contribution in [2.45, 2.75) is 0 Å². The molecule has 0 radical (unpaired) electrons. The molecule has 0 aliphatic heterocycles. The highest BCUT2D eigenvalue weighted by molar-refractivity contribution is 6.15. The van der Waals surface area contributed by atoms with Crippen LogP contribution in [0.1, 0.15) is 0 Å². The number of nitrogens with zero attached hydrogens (tertiary/aromatic N) is 2. The second-order valence-electron chi connectivity index (χ2n) is 1.84. The van der Waals surface area contributed by atoms with Gasteiger partial charge in [-0.15, -0.1) is 0 Å². The fraction of sp³-hybridized carbons (Fsp3) is 0. The van der Waals surface area contributed by atoms with E-state index in [0.29, 0.717) is 10.3 Å². The Balaban J connectivity index is 3.54. The number of aromatic nitrogens is 2. The van der Waals surface area contributed by atoms with Crippen LogP contribution in [0.3, 0.4) is 0 Å². The summed E-state index contributed by atoms with van der Waals surface area (Å²) in [7, 11) is 0. The Morgan fingerprint density at radius 2 is 2.17 bits per heavy atom. The fourth-order valence-corrected chi connectivity index (χ4v) is 0.704. The Labute approximate surface area is 69.5 Å². The number of nitro groups is 1. The molecule has 64 valence electrons. The summed E-state index contributed by atoms with van der Waals surface area (Å²) in [4.78, 5) is 32.1. The van der Waals surface area contributed by atoms with Crippen molar-refractivity contribution in [1.82, 2.24) is 9.07 Å². The van der Waals surface area contributed by atoms with Crippen LogP contribution in [0.15, 0.2) is 15.8 Å². The average Bonchev–Trinajstić information content (AvgIpc) is 1.96. The summed E-state index contributed by atoms with van der Waals surface area (Å²) in [5.74, 6) is 0. The van der Waals surface area contributed by atoms with Gasteiger partial charge in [-0.25, -0.2) is 8.88 Å². The Kier molecular flexibility index (Phi) is 1.96. The first kappa shape index (κ1) is 8.47. The monoisotopic (exact) mass is 191 g/mol. The molecule has 0 aromatic carbocycles. The Bertz CT molecular complexity index is 433. The van der Waals surface area contributed by atoms with E-state index >= 15 is 0 Å². The van der Waals surface area contributed by atoms with Crippen LogP contribution in [-0.4, -0.2) is 14.0 Å². The molecule has 12 heavy (non-hydrogen) atoms. The highest BCUT2D eigenvalue weighted by Gasteiger charge is 2.13. The number of hydrogen-bond donors (Lipinski definition) is 1. The molecule has 0 unspecified atom stereocenters. The molecule has 1 rings (SSSR count). The first-order valence-electron chi connectivity index (χ1n) is 2.69. The summed E-state index contributed by atoms with van der Waals surface area (Å²) in [5.41, 5.74) is -2.75. The minimum absolute atomic E-state index is 0.402. The van der Waals surface area contributed by atoms with Crippen molar-refractivity contribution in [3.05, 3.63) is 37.1 Å². The van der Waals surface area contributed by atoms with Crippen LogP contribution in [0.2, 0.25) is 0 Å². The van der Waals surface area contributed by atoms with Crippen LogP contribution in [-0.2, 0) is 0 Å². The lowest BCUT2D eigenvalue weighted by Gasteiger charge is -1.91. The van der Waals surface area contributed by atoms with Gasteiger partial charge < -0.3 is 0 Å². The van der Waals surface area contributed by atoms with Gasteiger partial charge in [0.25, 0.3) is 0 Å². The SMILES string of the molecule is O=c1[nH]c(=O)n(Cl)cc1[N+](=O)[O-]. The lowest BCUT2D eigenvalue weighted by atomic mass is 10.5. The van der Waals surface area contributed by atoms with Crippen molar-refractivity contribution in [2.75, 3.05) is 0 Å². The maximum absolute atomic E-state index is 10.7. The maximum Gasteiger partial charge on any atom is 0.351 e. The van der Waals surface area contributed by atoms with Gasteiger partial charge in [0.2, 0.25) is 0 Å². The van der Waals surface area contributed by atoms with Crippen LogP contribution in [0, 0.1) is 10.1 Å². The number of rotatable bonds is 1. The smallest absolute Gasteiger partial charge is 0.267 e. The molecule has 1 heterocycles. The molecule has 0 amide bonds. The van der Waals surface area contributed by atoms with Crippen molar-refractivity contribution in [3.63, 3.8) is 0 Å². The van der Waals surface area contributed by atoms with Gasteiger partial charge in [-0.3, -0.25) is 19.9 Å². The van der Waals surface area contributed by atoms with Gasteiger partial charge in [0.1, 0.15) is 6.20 Å². The summed E-state index contributed by atoms with van der Waals surface area (Å²) >= 11 is 5.16. The lowest BCUT2D eigenvalue weighted by Crippen LogP contribution is -2.26. The number of H-pyrrole nitrogens is 1. The van der Waals surface area contributed by atoms with Crippen molar-refractivity contribution in [1.29, 1.82) is 0 Å². The number of halogens is 1. The summed E-state index contributed by atoms with van der Waals surface area (Å²) in [5, 5.41) is 10.1. The van der Waals surface area contributed by atoms with E-state index in [4.69, 9.17) is 11.8 Å². The molecule has 1 aromatic heterocycles. The zero-order valence-electron chi connectivity index (χ0n) is 5.48.